The van der Waals surface area contributed by atoms with Crippen LogP contribution in [0.5, 0.6) is 0 Å². The molecule has 0 N–H and O–H groups in total. The van der Waals surface area contributed by atoms with Gasteiger partial charge in [-0.3, -0.25) is 0 Å². The number of rotatable bonds is 4. The molecule has 4 heteroatoms. The molecule has 0 radical (unpaired) electrons. The zero-order valence-corrected chi connectivity index (χ0v) is 11.3. The lowest BCUT2D eigenvalue weighted by Gasteiger charge is -2.35. The molecule has 1 heterocycles. The zero-order chi connectivity index (χ0) is 12.2. The largest absolute Gasteiger partial charge is 0.501 e. The maximum atomic E-state index is 11.7. The fourth-order valence-electron chi connectivity index (χ4n) is 2.16. The minimum atomic E-state index is -2.85. The molecule has 0 aromatic carbocycles. The molecule has 1 aliphatic heterocycles. The zero-order valence-electron chi connectivity index (χ0n) is 10.5. The first kappa shape index (κ1) is 13.6. The molecule has 1 atom stereocenters. The van der Waals surface area contributed by atoms with Gasteiger partial charge in [0.2, 0.25) is 0 Å². The van der Waals surface area contributed by atoms with E-state index in [1.807, 2.05) is 20.8 Å². The van der Waals surface area contributed by atoms with Gasteiger partial charge >= 0.3 is 0 Å². The molecular formula is C12H22O3S. The van der Waals surface area contributed by atoms with Gasteiger partial charge in [-0.05, 0) is 38.7 Å². The minimum Gasteiger partial charge on any atom is -0.501 e. The molecule has 0 spiro atoms. The van der Waals surface area contributed by atoms with Crippen LogP contribution in [0.2, 0.25) is 0 Å². The minimum absolute atomic E-state index is 0.164. The third-order valence-corrected chi connectivity index (χ3v) is 5.11. The van der Waals surface area contributed by atoms with Crippen LogP contribution in [-0.4, -0.2) is 26.5 Å². The lowest BCUT2D eigenvalue weighted by Crippen LogP contribution is -2.39. The van der Waals surface area contributed by atoms with Gasteiger partial charge in [0.1, 0.15) is 0 Å². The Kier molecular flexibility index (Phi) is 4.42. The molecule has 1 rings (SSSR count). The molecule has 0 saturated carbocycles. The second-order valence-corrected chi connectivity index (χ2v) is 7.24. The van der Waals surface area contributed by atoms with E-state index in [1.54, 1.807) is 6.26 Å². The summed E-state index contributed by atoms with van der Waals surface area (Å²) < 4.78 is 28.8. The molecule has 16 heavy (non-hydrogen) atoms. The van der Waals surface area contributed by atoms with Crippen molar-refractivity contribution in [3.05, 3.63) is 11.8 Å². The first-order chi connectivity index (χ1) is 7.39. The molecule has 0 amide bonds. The summed E-state index contributed by atoms with van der Waals surface area (Å²) in [5, 5.41) is 0. The first-order valence-corrected chi connectivity index (χ1v) is 7.67. The maximum Gasteiger partial charge on any atom is 0.150 e. The van der Waals surface area contributed by atoms with Gasteiger partial charge in [-0.25, -0.2) is 8.42 Å². The third-order valence-electron chi connectivity index (χ3n) is 3.15. The highest BCUT2D eigenvalue weighted by Crippen LogP contribution is 2.35. The predicted molar refractivity (Wildman–Crippen MR) is 66.0 cm³/mol. The molecule has 0 bridgehead atoms. The van der Waals surface area contributed by atoms with Gasteiger partial charge in [-0.1, -0.05) is 6.92 Å². The number of allylic oxidation sites excluding steroid dienone is 1. The highest BCUT2D eigenvalue weighted by atomic mass is 32.2. The van der Waals surface area contributed by atoms with E-state index in [4.69, 9.17) is 4.74 Å². The van der Waals surface area contributed by atoms with Crippen molar-refractivity contribution >= 4 is 9.84 Å². The van der Waals surface area contributed by atoms with Crippen molar-refractivity contribution in [1.82, 2.24) is 0 Å². The van der Waals surface area contributed by atoms with Crippen molar-refractivity contribution < 1.29 is 13.2 Å². The van der Waals surface area contributed by atoms with Gasteiger partial charge in [-0.2, -0.15) is 0 Å². The van der Waals surface area contributed by atoms with Crippen LogP contribution in [0, 0.1) is 5.41 Å². The lowest BCUT2D eigenvalue weighted by molar-refractivity contribution is 0.107. The molecule has 1 aliphatic rings. The van der Waals surface area contributed by atoms with Gasteiger partial charge in [0.15, 0.2) is 9.84 Å². The van der Waals surface area contributed by atoms with E-state index in [2.05, 4.69) is 0 Å². The monoisotopic (exact) mass is 246 g/mol. The summed E-state index contributed by atoms with van der Waals surface area (Å²) in [6, 6.07) is 0. The van der Waals surface area contributed by atoms with E-state index in [0.29, 0.717) is 12.4 Å². The Morgan fingerprint density at radius 3 is 2.62 bits per heavy atom. The average molecular weight is 246 g/mol. The quantitative estimate of drug-likeness (QED) is 0.716. The predicted octanol–water partition coefficient (Wildman–Crippen LogP) is 2.53. The number of ether oxygens (including phenoxy) is 1. The molecule has 0 aliphatic carbocycles. The SMILES string of the molecule is CCC1(COC=C(C)C)CCCS(=O)(=O)C1. The topological polar surface area (TPSA) is 43.4 Å². The van der Waals surface area contributed by atoms with Gasteiger partial charge < -0.3 is 4.74 Å². The van der Waals surface area contributed by atoms with Gasteiger partial charge in [0.05, 0.1) is 24.4 Å². The second-order valence-electron chi connectivity index (χ2n) is 5.06. The van der Waals surface area contributed by atoms with E-state index in [9.17, 15) is 8.42 Å². The van der Waals surface area contributed by atoms with Crippen LogP contribution in [0.1, 0.15) is 40.0 Å². The van der Waals surface area contributed by atoms with Crippen LogP contribution >= 0.6 is 0 Å². The Morgan fingerprint density at radius 2 is 2.12 bits per heavy atom. The van der Waals surface area contributed by atoms with Crippen LogP contribution in [0.3, 0.4) is 0 Å². The maximum absolute atomic E-state index is 11.7. The molecular weight excluding hydrogens is 224 g/mol. The van der Waals surface area contributed by atoms with Gasteiger partial charge in [0.25, 0.3) is 0 Å². The average Bonchev–Trinajstić information content (AvgIpc) is 2.15. The summed E-state index contributed by atoms with van der Waals surface area (Å²) >= 11 is 0. The van der Waals surface area contributed by atoms with Crippen molar-refractivity contribution in [1.29, 1.82) is 0 Å². The van der Waals surface area contributed by atoms with E-state index < -0.39 is 9.84 Å². The van der Waals surface area contributed by atoms with E-state index in [0.717, 1.165) is 24.8 Å². The summed E-state index contributed by atoms with van der Waals surface area (Å²) in [4.78, 5) is 0. The van der Waals surface area contributed by atoms with E-state index in [1.165, 1.54) is 0 Å². The summed E-state index contributed by atoms with van der Waals surface area (Å²) in [6.45, 7) is 6.51. The third kappa shape index (κ3) is 3.81. The number of hydrogen-bond acceptors (Lipinski definition) is 3. The van der Waals surface area contributed by atoms with E-state index in [-0.39, 0.29) is 11.2 Å². The fourth-order valence-corrected chi connectivity index (χ4v) is 4.25. The molecule has 1 fully saturated rings. The van der Waals surface area contributed by atoms with Crippen LogP contribution in [0.4, 0.5) is 0 Å². The Bertz CT molecular complexity index is 352. The molecule has 0 aromatic rings. The molecule has 94 valence electrons. The Labute approximate surface area is 98.8 Å². The van der Waals surface area contributed by atoms with Crippen LogP contribution in [-0.2, 0) is 14.6 Å². The summed E-state index contributed by atoms with van der Waals surface area (Å²) in [6.07, 6.45) is 4.31. The summed E-state index contributed by atoms with van der Waals surface area (Å²) in [7, 11) is -2.85. The highest BCUT2D eigenvalue weighted by molar-refractivity contribution is 7.91. The summed E-state index contributed by atoms with van der Waals surface area (Å²) in [5.74, 6) is 0.629. The van der Waals surface area contributed by atoms with Crippen LogP contribution in [0.15, 0.2) is 11.8 Å². The van der Waals surface area contributed by atoms with Crippen LogP contribution < -0.4 is 0 Å². The van der Waals surface area contributed by atoms with Crippen molar-refractivity contribution in [2.75, 3.05) is 18.1 Å². The highest BCUT2D eigenvalue weighted by Gasteiger charge is 2.38. The van der Waals surface area contributed by atoms with Crippen molar-refractivity contribution in [2.24, 2.45) is 5.41 Å². The smallest absolute Gasteiger partial charge is 0.150 e. The lowest BCUT2D eigenvalue weighted by atomic mass is 9.83. The summed E-state index contributed by atoms with van der Waals surface area (Å²) in [5.41, 5.74) is 0.938. The van der Waals surface area contributed by atoms with Gasteiger partial charge in [-0.15, -0.1) is 0 Å². The molecule has 1 unspecified atom stereocenters. The first-order valence-electron chi connectivity index (χ1n) is 5.85. The number of sulfone groups is 1. The Balaban J connectivity index is 2.66. The van der Waals surface area contributed by atoms with Crippen LogP contribution in [0.25, 0.3) is 0 Å². The van der Waals surface area contributed by atoms with Crippen molar-refractivity contribution in [2.45, 2.75) is 40.0 Å². The number of hydrogen-bond donors (Lipinski definition) is 0. The standard InChI is InChI=1S/C12H22O3S/c1-4-12(9-15-8-11(2)3)6-5-7-16(13,14)10-12/h8H,4-7,9-10H2,1-3H3. The molecule has 1 saturated heterocycles. The Hall–Kier alpha value is -0.510. The Morgan fingerprint density at radius 1 is 1.44 bits per heavy atom. The van der Waals surface area contributed by atoms with Crippen molar-refractivity contribution in [3.8, 4) is 0 Å². The fraction of sp³-hybridized carbons (Fsp3) is 0.833. The molecule has 3 nitrogen and oxygen atoms in total. The van der Waals surface area contributed by atoms with Gasteiger partial charge in [0, 0.05) is 5.41 Å². The van der Waals surface area contributed by atoms with Crippen molar-refractivity contribution in [3.63, 3.8) is 0 Å². The second kappa shape index (κ2) is 5.21. The van der Waals surface area contributed by atoms with E-state index >= 15 is 0 Å². The normalized spacial score (nSPS) is 28.4. The molecule has 0 aromatic heterocycles.